The van der Waals surface area contributed by atoms with Crippen molar-refractivity contribution in [1.29, 1.82) is 0 Å². The van der Waals surface area contributed by atoms with Crippen molar-refractivity contribution in [3.63, 3.8) is 0 Å². The molecule has 2 N–H and O–H groups in total. The number of nitrogens with one attached hydrogen (secondary N) is 1. The number of imidazole rings is 1. The summed E-state index contributed by atoms with van der Waals surface area (Å²) >= 11 is 0. The molecule has 1 aromatic rings. The van der Waals surface area contributed by atoms with Crippen LogP contribution in [-0.4, -0.2) is 34.4 Å². The second kappa shape index (κ2) is 8.44. The van der Waals surface area contributed by atoms with E-state index in [9.17, 15) is 0 Å². The third-order valence-corrected chi connectivity index (χ3v) is 2.34. The third-order valence-electron chi connectivity index (χ3n) is 2.34. The molecule has 0 amide bonds. The quantitative estimate of drug-likeness (QED) is 0.600. The average Bonchev–Trinajstić information content (AvgIpc) is 2.75. The Morgan fingerprint density at radius 2 is 1.93 bits per heavy atom. The van der Waals surface area contributed by atoms with Crippen LogP contribution in [0, 0.1) is 0 Å². The van der Waals surface area contributed by atoms with Crippen molar-refractivity contribution in [3.8, 4) is 0 Å². The van der Waals surface area contributed by atoms with E-state index in [1.54, 1.807) is 0 Å². The molecule has 1 heterocycles. The van der Waals surface area contributed by atoms with Gasteiger partial charge in [-0.3, -0.25) is 0 Å². The zero-order valence-corrected chi connectivity index (χ0v) is 9.23. The van der Waals surface area contributed by atoms with Crippen LogP contribution in [0.2, 0.25) is 0 Å². The lowest BCUT2D eigenvalue weighted by Gasteiger charge is -2.04. The minimum absolute atomic E-state index is 0.308. The third kappa shape index (κ3) is 6.25. The maximum atomic E-state index is 8.58. The smallest absolute Gasteiger partial charge is 0.0945 e. The van der Waals surface area contributed by atoms with Crippen LogP contribution in [0.1, 0.15) is 25.7 Å². The second-order valence-electron chi connectivity index (χ2n) is 3.69. The van der Waals surface area contributed by atoms with Gasteiger partial charge in [-0.1, -0.05) is 0 Å². The van der Waals surface area contributed by atoms with E-state index in [-0.39, 0.29) is 0 Å². The maximum Gasteiger partial charge on any atom is 0.0945 e. The summed E-state index contributed by atoms with van der Waals surface area (Å²) in [7, 11) is 0. The summed E-state index contributed by atoms with van der Waals surface area (Å²) in [4.78, 5) is 3.99. The molecule has 86 valence electrons. The number of aromatic nitrogens is 2. The fourth-order valence-electron chi connectivity index (χ4n) is 1.45. The Morgan fingerprint density at radius 1 is 1.13 bits per heavy atom. The first-order valence-corrected chi connectivity index (χ1v) is 5.71. The average molecular weight is 211 g/mol. The normalized spacial score (nSPS) is 10.7. The van der Waals surface area contributed by atoms with Crippen molar-refractivity contribution in [2.24, 2.45) is 0 Å². The molecule has 0 aliphatic rings. The van der Waals surface area contributed by atoms with Crippen LogP contribution < -0.4 is 5.32 Å². The number of unbranched alkanes of at least 4 members (excludes halogenated alkanes) is 2. The van der Waals surface area contributed by atoms with Crippen LogP contribution in [0.3, 0.4) is 0 Å². The molecule has 0 radical (unpaired) electrons. The van der Waals surface area contributed by atoms with Gasteiger partial charge < -0.3 is 15.0 Å². The maximum absolute atomic E-state index is 8.58. The Morgan fingerprint density at radius 3 is 2.60 bits per heavy atom. The van der Waals surface area contributed by atoms with E-state index in [0.717, 1.165) is 32.5 Å². The molecule has 4 heteroatoms. The zero-order valence-electron chi connectivity index (χ0n) is 9.23. The zero-order chi connectivity index (χ0) is 10.8. The Hall–Kier alpha value is -0.870. The van der Waals surface area contributed by atoms with Crippen molar-refractivity contribution in [3.05, 3.63) is 18.7 Å². The van der Waals surface area contributed by atoms with Crippen LogP contribution in [0.15, 0.2) is 18.7 Å². The van der Waals surface area contributed by atoms with Gasteiger partial charge in [-0.25, -0.2) is 4.98 Å². The second-order valence-corrected chi connectivity index (χ2v) is 3.69. The van der Waals surface area contributed by atoms with Crippen molar-refractivity contribution < 1.29 is 5.11 Å². The molecule has 0 saturated carbocycles. The van der Waals surface area contributed by atoms with Gasteiger partial charge in [0.1, 0.15) is 0 Å². The van der Waals surface area contributed by atoms with Gasteiger partial charge in [0.25, 0.3) is 0 Å². The van der Waals surface area contributed by atoms with Gasteiger partial charge in [0.2, 0.25) is 0 Å². The molecule has 0 bridgehead atoms. The highest BCUT2D eigenvalue weighted by molar-refractivity contribution is 4.73. The Bertz CT molecular complexity index is 224. The molecule has 0 spiro atoms. The molecule has 15 heavy (non-hydrogen) atoms. The minimum atomic E-state index is 0.308. The molecule has 4 nitrogen and oxygen atoms in total. The van der Waals surface area contributed by atoms with Crippen LogP contribution in [0.25, 0.3) is 0 Å². The van der Waals surface area contributed by atoms with E-state index in [1.165, 1.54) is 12.8 Å². The summed E-state index contributed by atoms with van der Waals surface area (Å²) in [5.41, 5.74) is 0. The summed E-state index contributed by atoms with van der Waals surface area (Å²) in [5.74, 6) is 0. The number of hydrogen-bond donors (Lipinski definition) is 2. The molecule has 1 aromatic heterocycles. The first-order valence-electron chi connectivity index (χ1n) is 5.71. The highest BCUT2D eigenvalue weighted by Gasteiger charge is 1.91. The molecule has 0 unspecified atom stereocenters. The number of aryl methyl sites for hydroxylation is 1. The van der Waals surface area contributed by atoms with E-state index >= 15 is 0 Å². The van der Waals surface area contributed by atoms with Crippen LogP contribution in [0.4, 0.5) is 0 Å². The fraction of sp³-hybridized carbons (Fsp3) is 0.727. The van der Waals surface area contributed by atoms with E-state index in [4.69, 9.17) is 5.11 Å². The van der Waals surface area contributed by atoms with Crippen molar-refractivity contribution in [2.45, 2.75) is 32.2 Å². The van der Waals surface area contributed by atoms with Crippen molar-refractivity contribution >= 4 is 0 Å². The van der Waals surface area contributed by atoms with Gasteiger partial charge in [0.05, 0.1) is 6.33 Å². The van der Waals surface area contributed by atoms with Gasteiger partial charge in [-0.15, -0.1) is 0 Å². The first-order chi connectivity index (χ1) is 7.43. The van der Waals surface area contributed by atoms with Crippen LogP contribution >= 0.6 is 0 Å². The van der Waals surface area contributed by atoms with Crippen LogP contribution in [0.5, 0.6) is 0 Å². The predicted molar refractivity (Wildman–Crippen MR) is 60.7 cm³/mol. The molecule has 0 aromatic carbocycles. The summed E-state index contributed by atoms with van der Waals surface area (Å²) in [5, 5.41) is 11.9. The Balaban J connectivity index is 1.81. The monoisotopic (exact) mass is 211 g/mol. The largest absolute Gasteiger partial charge is 0.396 e. The molecule has 0 atom stereocenters. The topological polar surface area (TPSA) is 50.1 Å². The van der Waals surface area contributed by atoms with Gasteiger partial charge in [-0.05, 0) is 38.8 Å². The molecular weight excluding hydrogens is 190 g/mol. The van der Waals surface area contributed by atoms with E-state index in [1.807, 2.05) is 18.7 Å². The molecular formula is C11H21N3O. The van der Waals surface area contributed by atoms with E-state index in [2.05, 4.69) is 14.9 Å². The minimum Gasteiger partial charge on any atom is -0.396 e. The SMILES string of the molecule is OCCCCNCCCCn1ccnc1. The molecule has 0 aliphatic carbocycles. The highest BCUT2D eigenvalue weighted by atomic mass is 16.2. The number of nitrogens with zero attached hydrogens (tertiary/aromatic N) is 2. The number of aliphatic hydroxyl groups is 1. The lowest BCUT2D eigenvalue weighted by molar-refractivity contribution is 0.283. The van der Waals surface area contributed by atoms with Crippen LogP contribution in [-0.2, 0) is 6.54 Å². The van der Waals surface area contributed by atoms with Gasteiger partial charge in [0, 0.05) is 25.5 Å². The lowest BCUT2D eigenvalue weighted by atomic mass is 10.3. The molecule has 1 rings (SSSR count). The number of aliphatic hydroxyl groups excluding tert-OH is 1. The Kier molecular flexibility index (Phi) is 6.86. The van der Waals surface area contributed by atoms with Crippen molar-refractivity contribution in [1.82, 2.24) is 14.9 Å². The van der Waals surface area contributed by atoms with Crippen molar-refractivity contribution in [2.75, 3.05) is 19.7 Å². The summed E-state index contributed by atoms with van der Waals surface area (Å²) in [6.07, 6.45) is 10.0. The highest BCUT2D eigenvalue weighted by Crippen LogP contribution is 1.94. The van der Waals surface area contributed by atoms with Gasteiger partial charge >= 0.3 is 0 Å². The molecule has 0 saturated heterocycles. The number of rotatable bonds is 9. The first kappa shape index (κ1) is 12.2. The van der Waals surface area contributed by atoms with Gasteiger partial charge in [-0.2, -0.15) is 0 Å². The van der Waals surface area contributed by atoms with Gasteiger partial charge in [0.15, 0.2) is 0 Å². The lowest BCUT2D eigenvalue weighted by Crippen LogP contribution is -2.17. The van der Waals surface area contributed by atoms with E-state index < -0.39 is 0 Å². The summed E-state index contributed by atoms with van der Waals surface area (Å²) < 4.78 is 2.10. The Labute approximate surface area is 91.3 Å². The number of hydrogen-bond acceptors (Lipinski definition) is 3. The summed E-state index contributed by atoms with van der Waals surface area (Å²) in [6, 6.07) is 0. The summed E-state index contributed by atoms with van der Waals surface area (Å²) in [6.45, 7) is 3.45. The predicted octanol–water partition coefficient (Wildman–Crippen LogP) is 1.03. The van der Waals surface area contributed by atoms with E-state index in [0.29, 0.717) is 6.61 Å². The molecule has 0 aliphatic heterocycles. The standard InChI is InChI=1S/C11H21N3O/c15-10-4-2-6-12-5-1-3-8-14-9-7-13-11-14/h7,9,11-12,15H,1-6,8,10H2. The fourth-order valence-corrected chi connectivity index (χ4v) is 1.45. The molecule has 0 fully saturated rings.